The number of amides is 1. The second-order valence-electron chi connectivity index (χ2n) is 5.45. The van der Waals surface area contributed by atoms with Gasteiger partial charge in [-0.2, -0.15) is 0 Å². The molecular formula is C17H16FN3O3S. The second-order valence-corrected chi connectivity index (χ2v) is 7.22. The third-order valence-electron chi connectivity index (χ3n) is 3.75. The lowest BCUT2D eigenvalue weighted by molar-refractivity contribution is 0.0963. The van der Waals surface area contributed by atoms with Gasteiger partial charge in [0.05, 0.1) is 11.4 Å². The van der Waals surface area contributed by atoms with Gasteiger partial charge in [-0.25, -0.2) is 17.5 Å². The van der Waals surface area contributed by atoms with Gasteiger partial charge in [0.25, 0.3) is 5.91 Å². The normalized spacial score (nSPS) is 11.6. The monoisotopic (exact) mass is 361 g/mol. The number of carbonyl (C=O) groups excluding carboxylic acids is 1. The van der Waals surface area contributed by atoms with Gasteiger partial charge in [-0.05, 0) is 48.5 Å². The van der Waals surface area contributed by atoms with Crippen LogP contribution in [0.25, 0.3) is 10.9 Å². The van der Waals surface area contributed by atoms with E-state index in [9.17, 15) is 17.6 Å². The van der Waals surface area contributed by atoms with E-state index in [0.29, 0.717) is 16.6 Å². The quantitative estimate of drug-likeness (QED) is 0.650. The maximum absolute atomic E-state index is 13.2. The Morgan fingerprint density at radius 3 is 2.52 bits per heavy atom. The first-order chi connectivity index (χ1) is 11.9. The van der Waals surface area contributed by atoms with E-state index < -0.39 is 10.0 Å². The summed E-state index contributed by atoms with van der Waals surface area (Å²) in [6, 6.07) is 11.6. The van der Waals surface area contributed by atoms with Crippen molar-refractivity contribution in [2.75, 3.05) is 7.05 Å². The van der Waals surface area contributed by atoms with Gasteiger partial charge < -0.3 is 10.3 Å². The predicted molar refractivity (Wildman–Crippen MR) is 92.1 cm³/mol. The Bertz CT molecular complexity index is 1030. The van der Waals surface area contributed by atoms with Crippen LogP contribution in [0.15, 0.2) is 53.4 Å². The summed E-state index contributed by atoms with van der Waals surface area (Å²) in [7, 11) is -2.23. The molecule has 8 heteroatoms. The molecule has 1 aromatic heterocycles. The van der Waals surface area contributed by atoms with Crippen LogP contribution in [0, 0.1) is 5.82 Å². The van der Waals surface area contributed by atoms with Gasteiger partial charge >= 0.3 is 0 Å². The molecule has 1 amide bonds. The number of aromatic amines is 1. The smallest absolute Gasteiger partial charge is 0.251 e. The Kier molecular flexibility index (Phi) is 4.56. The molecule has 0 bridgehead atoms. The number of H-pyrrole nitrogens is 1. The number of nitrogens with one attached hydrogen (secondary N) is 3. The molecule has 0 aliphatic heterocycles. The summed E-state index contributed by atoms with van der Waals surface area (Å²) in [4.78, 5) is 14.6. The highest BCUT2D eigenvalue weighted by molar-refractivity contribution is 7.89. The molecule has 0 unspecified atom stereocenters. The Balaban J connectivity index is 1.75. The third-order valence-corrected chi connectivity index (χ3v) is 5.16. The topological polar surface area (TPSA) is 91.1 Å². The van der Waals surface area contributed by atoms with Gasteiger partial charge in [-0.3, -0.25) is 4.79 Å². The average Bonchev–Trinajstić information content (AvgIpc) is 3.01. The molecule has 0 atom stereocenters. The molecule has 25 heavy (non-hydrogen) atoms. The van der Waals surface area contributed by atoms with E-state index in [2.05, 4.69) is 15.0 Å². The number of carbonyl (C=O) groups is 1. The minimum absolute atomic E-state index is 0.0375. The van der Waals surface area contributed by atoms with Crippen LogP contribution in [0.5, 0.6) is 0 Å². The number of sulfonamides is 1. The van der Waals surface area contributed by atoms with Crippen molar-refractivity contribution in [1.82, 2.24) is 15.0 Å². The fourth-order valence-electron chi connectivity index (χ4n) is 2.44. The number of hydrogen-bond donors (Lipinski definition) is 3. The summed E-state index contributed by atoms with van der Waals surface area (Å²) in [5.41, 5.74) is 1.72. The zero-order chi connectivity index (χ0) is 18.0. The Morgan fingerprint density at radius 2 is 1.84 bits per heavy atom. The van der Waals surface area contributed by atoms with E-state index >= 15 is 0 Å². The fraction of sp³-hybridized carbons (Fsp3) is 0.118. The number of rotatable bonds is 5. The van der Waals surface area contributed by atoms with Crippen molar-refractivity contribution in [3.05, 3.63) is 65.6 Å². The predicted octanol–water partition coefficient (Wildman–Crippen LogP) is 2.15. The molecular weight excluding hydrogens is 345 g/mol. The van der Waals surface area contributed by atoms with Gasteiger partial charge in [-0.1, -0.05) is 0 Å². The van der Waals surface area contributed by atoms with Crippen molar-refractivity contribution < 1.29 is 17.6 Å². The van der Waals surface area contributed by atoms with Gasteiger partial charge in [0.1, 0.15) is 5.82 Å². The maximum atomic E-state index is 13.2. The summed E-state index contributed by atoms with van der Waals surface area (Å²) in [5, 5.41) is 3.14. The van der Waals surface area contributed by atoms with Crippen molar-refractivity contribution in [2.45, 2.75) is 11.4 Å². The highest BCUT2D eigenvalue weighted by Crippen LogP contribution is 2.17. The molecule has 3 rings (SSSR count). The van der Waals surface area contributed by atoms with Crippen LogP contribution in [0.3, 0.4) is 0 Å². The van der Waals surface area contributed by atoms with Crippen LogP contribution in [0.4, 0.5) is 4.39 Å². The number of hydrogen-bond acceptors (Lipinski definition) is 3. The lowest BCUT2D eigenvalue weighted by Gasteiger charge is -2.06. The molecule has 0 aliphatic carbocycles. The highest BCUT2D eigenvalue weighted by atomic mass is 32.2. The Labute approximate surface area is 144 Å². The summed E-state index contributed by atoms with van der Waals surface area (Å²) in [6.07, 6.45) is 0. The second kappa shape index (κ2) is 6.66. The van der Waals surface area contributed by atoms with Crippen LogP contribution < -0.4 is 10.0 Å². The first-order valence-corrected chi connectivity index (χ1v) is 8.96. The van der Waals surface area contributed by atoms with Crippen molar-refractivity contribution in [2.24, 2.45) is 0 Å². The summed E-state index contributed by atoms with van der Waals surface area (Å²) in [6.45, 7) is 0.0375. The largest absolute Gasteiger partial charge is 0.357 e. The molecule has 1 heterocycles. The maximum Gasteiger partial charge on any atom is 0.251 e. The highest BCUT2D eigenvalue weighted by Gasteiger charge is 2.15. The third kappa shape index (κ3) is 3.70. The van der Waals surface area contributed by atoms with Crippen molar-refractivity contribution in [3.63, 3.8) is 0 Å². The lowest BCUT2D eigenvalue weighted by Crippen LogP contribution is -2.23. The molecule has 0 radical (unpaired) electrons. The molecule has 0 fully saturated rings. The van der Waals surface area contributed by atoms with Crippen LogP contribution in [-0.4, -0.2) is 26.4 Å². The lowest BCUT2D eigenvalue weighted by atomic mass is 10.2. The van der Waals surface area contributed by atoms with E-state index in [1.54, 1.807) is 12.1 Å². The standard InChI is InChI=1S/C17H16FN3O3S/c1-19-17(22)11-2-5-15(6-3-11)25(23,24)20-10-14-9-12-8-13(18)4-7-16(12)21-14/h2-9,20-21H,10H2,1H3,(H,19,22). The van der Waals surface area contributed by atoms with Crippen LogP contribution in [0.2, 0.25) is 0 Å². The summed E-state index contributed by atoms with van der Waals surface area (Å²) in [5.74, 6) is -0.642. The zero-order valence-electron chi connectivity index (χ0n) is 13.3. The fourth-order valence-corrected chi connectivity index (χ4v) is 3.45. The van der Waals surface area contributed by atoms with Gasteiger partial charge in [0, 0.05) is 29.2 Å². The van der Waals surface area contributed by atoms with E-state index in [1.807, 2.05) is 0 Å². The number of aromatic nitrogens is 1. The molecule has 2 aromatic carbocycles. The van der Waals surface area contributed by atoms with E-state index in [4.69, 9.17) is 0 Å². The van der Waals surface area contributed by atoms with E-state index in [1.165, 1.54) is 43.4 Å². The Hall–Kier alpha value is -2.71. The minimum atomic E-state index is -3.73. The molecule has 130 valence electrons. The molecule has 6 nitrogen and oxygen atoms in total. The van der Waals surface area contributed by atoms with E-state index in [-0.39, 0.29) is 23.2 Å². The molecule has 3 N–H and O–H groups in total. The molecule has 0 saturated heterocycles. The molecule has 0 spiro atoms. The molecule has 0 aliphatic rings. The minimum Gasteiger partial charge on any atom is -0.357 e. The Morgan fingerprint density at radius 1 is 1.12 bits per heavy atom. The van der Waals surface area contributed by atoms with Crippen molar-refractivity contribution >= 4 is 26.8 Å². The average molecular weight is 361 g/mol. The number of halogens is 1. The first kappa shape index (κ1) is 17.1. The van der Waals surface area contributed by atoms with E-state index in [0.717, 1.165) is 5.52 Å². The van der Waals surface area contributed by atoms with Crippen LogP contribution in [0.1, 0.15) is 16.1 Å². The number of fused-ring (bicyclic) bond motifs is 1. The van der Waals surface area contributed by atoms with Gasteiger partial charge in [0.15, 0.2) is 0 Å². The molecule has 0 saturated carbocycles. The molecule has 3 aromatic rings. The van der Waals surface area contributed by atoms with Gasteiger partial charge in [0.2, 0.25) is 10.0 Å². The SMILES string of the molecule is CNC(=O)c1ccc(S(=O)(=O)NCc2cc3cc(F)ccc3[nH]2)cc1. The van der Waals surface area contributed by atoms with Crippen molar-refractivity contribution in [1.29, 1.82) is 0 Å². The summed E-state index contributed by atoms with van der Waals surface area (Å²) >= 11 is 0. The first-order valence-electron chi connectivity index (χ1n) is 7.48. The summed E-state index contributed by atoms with van der Waals surface area (Å²) < 4.78 is 40.4. The van der Waals surface area contributed by atoms with Crippen LogP contribution in [-0.2, 0) is 16.6 Å². The van der Waals surface area contributed by atoms with Gasteiger partial charge in [-0.15, -0.1) is 0 Å². The zero-order valence-corrected chi connectivity index (χ0v) is 14.2. The number of benzene rings is 2. The van der Waals surface area contributed by atoms with Crippen LogP contribution >= 0.6 is 0 Å². The van der Waals surface area contributed by atoms with Crippen molar-refractivity contribution in [3.8, 4) is 0 Å².